The van der Waals surface area contributed by atoms with Gasteiger partial charge in [-0.2, -0.15) is 0 Å². The van der Waals surface area contributed by atoms with Crippen molar-refractivity contribution < 1.29 is 0 Å². The second-order valence-electron chi connectivity index (χ2n) is 5.93. The first-order valence-corrected chi connectivity index (χ1v) is 7.65. The van der Waals surface area contributed by atoms with Gasteiger partial charge in [0.05, 0.1) is 11.2 Å². The van der Waals surface area contributed by atoms with Gasteiger partial charge in [0.1, 0.15) is 0 Å². The molecule has 0 amide bonds. The molecular formula is C17H23N3. The lowest BCUT2D eigenvalue weighted by molar-refractivity contribution is 0.328. The van der Waals surface area contributed by atoms with Crippen LogP contribution >= 0.6 is 0 Å². The first kappa shape index (κ1) is 13.2. The van der Waals surface area contributed by atoms with Crippen molar-refractivity contribution in [3.63, 3.8) is 0 Å². The summed E-state index contributed by atoms with van der Waals surface area (Å²) in [4.78, 5) is 4.40. The van der Waals surface area contributed by atoms with Crippen LogP contribution in [0, 0.1) is 5.92 Å². The summed E-state index contributed by atoms with van der Waals surface area (Å²) < 4.78 is 0. The molecule has 1 heterocycles. The molecular weight excluding hydrogens is 246 g/mol. The SMILES string of the molecule is CC(Nc1ccnc2c(N)cccc12)C1CCCCC1. The molecule has 0 aliphatic heterocycles. The number of nitrogens with two attached hydrogens (primary N) is 1. The van der Waals surface area contributed by atoms with Crippen molar-refractivity contribution >= 4 is 22.3 Å². The molecule has 1 aromatic carbocycles. The van der Waals surface area contributed by atoms with E-state index >= 15 is 0 Å². The highest BCUT2D eigenvalue weighted by molar-refractivity contribution is 5.97. The van der Waals surface area contributed by atoms with E-state index in [1.165, 1.54) is 32.1 Å². The third kappa shape index (κ3) is 2.58. The highest BCUT2D eigenvalue weighted by Gasteiger charge is 2.20. The monoisotopic (exact) mass is 269 g/mol. The molecule has 106 valence electrons. The minimum Gasteiger partial charge on any atom is -0.397 e. The number of benzene rings is 1. The molecule has 1 unspecified atom stereocenters. The molecule has 1 atom stereocenters. The molecule has 3 nitrogen and oxygen atoms in total. The quantitative estimate of drug-likeness (QED) is 0.821. The first-order valence-electron chi connectivity index (χ1n) is 7.65. The highest BCUT2D eigenvalue weighted by atomic mass is 14.9. The summed E-state index contributed by atoms with van der Waals surface area (Å²) in [6.07, 6.45) is 8.69. The first-order chi connectivity index (χ1) is 9.75. The van der Waals surface area contributed by atoms with Gasteiger partial charge in [-0.3, -0.25) is 4.98 Å². The normalized spacial score (nSPS) is 18.1. The van der Waals surface area contributed by atoms with Crippen LogP contribution < -0.4 is 11.1 Å². The predicted octanol–water partition coefficient (Wildman–Crippen LogP) is 4.20. The Bertz CT molecular complexity index is 588. The number of nitrogens with zero attached hydrogens (tertiary/aromatic N) is 1. The van der Waals surface area contributed by atoms with E-state index in [0.29, 0.717) is 6.04 Å². The van der Waals surface area contributed by atoms with Crippen LogP contribution in [0.5, 0.6) is 0 Å². The largest absolute Gasteiger partial charge is 0.397 e. The number of nitrogens with one attached hydrogen (secondary N) is 1. The van der Waals surface area contributed by atoms with Crippen molar-refractivity contribution in [2.75, 3.05) is 11.1 Å². The van der Waals surface area contributed by atoms with E-state index in [1.807, 2.05) is 18.3 Å². The molecule has 3 rings (SSSR count). The number of rotatable bonds is 3. The number of hydrogen-bond acceptors (Lipinski definition) is 3. The van der Waals surface area contributed by atoms with Gasteiger partial charge in [-0.25, -0.2) is 0 Å². The zero-order valence-corrected chi connectivity index (χ0v) is 12.1. The third-order valence-corrected chi connectivity index (χ3v) is 4.54. The van der Waals surface area contributed by atoms with Gasteiger partial charge < -0.3 is 11.1 Å². The zero-order chi connectivity index (χ0) is 13.9. The van der Waals surface area contributed by atoms with Gasteiger partial charge >= 0.3 is 0 Å². The summed E-state index contributed by atoms with van der Waals surface area (Å²) in [7, 11) is 0. The van der Waals surface area contributed by atoms with E-state index in [9.17, 15) is 0 Å². The van der Waals surface area contributed by atoms with Crippen LogP contribution in [0.25, 0.3) is 10.9 Å². The maximum absolute atomic E-state index is 6.01. The number of hydrogen-bond donors (Lipinski definition) is 2. The number of fused-ring (bicyclic) bond motifs is 1. The Morgan fingerprint density at radius 3 is 2.80 bits per heavy atom. The fourth-order valence-corrected chi connectivity index (χ4v) is 3.32. The topological polar surface area (TPSA) is 50.9 Å². The Labute approximate surface area is 120 Å². The molecule has 3 N–H and O–H groups in total. The summed E-state index contributed by atoms with van der Waals surface area (Å²) in [6, 6.07) is 8.55. The summed E-state index contributed by atoms with van der Waals surface area (Å²) in [6.45, 7) is 2.30. The second-order valence-corrected chi connectivity index (χ2v) is 5.93. The summed E-state index contributed by atoms with van der Waals surface area (Å²) in [5, 5.41) is 4.81. The van der Waals surface area contributed by atoms with Crippen LogP contribution in [0.4, 0.5) is 11.4 Å². The molecule has 0 saturated heterocycles. The fraction of sp³-hybridized carbons (Fsp3) is 0.471. The van der Waals surface area contributed by atoms with E-state index in [-0.39, 0.29) is 0 Å². The smallest absolute Gasteiger partial charge is 0.0951 e. The van der Waals surface area contributed by atoms with Gasteiger partial charge in [0.15, 0.2) is 0 Å². The van der Waals surface area contributed by atoms with Crippen molar-refractivity contribution in [3.8, 4) is 0 Å². The van der Waals surface area contributed by atoms with Gasteiger partial charge in [0.25, 0.3) is 0 Å². The van der Waals surface area contributed by atoms with Crippen LogP contribution in [0.3, 0.4) is 0 Å². The maximum atomic E-state index is 6.01. The Kier molecular flexibility index (Phi) is 3.77. The molecule has 1 aliphatic carbocycles. The summed E-state index contributed by atoms with van der Waals surface area (Å²) in [5.74, 6) is 0.785. The average Bonchev–Trinajstić information content (AvgIpc) is 2.49. The van der Waals surface area contributed by atoms with Crippen molar-refractivity contribution in [2.45, 2.75) is 45.1 Å². The standard InChI is InChI=1S/C17H23N3/c1-12(13-6-3-2-4-7-13)20-16-10-11-19-17-14(16)8-5-9-15(17)18/h5,8-13H,2-4,6-7,18H2,1H3,(H,19,20). The number of nitrogen functional groups attached to an aromatic ring is 1. The third-order valence-electron chi connectivity index (χ3n) is 4.54. The van der Waals surface area contributed by atoms with Crippen LogP contribution in [-0.4, -0.2) is 11.0 Å². The molecule has 3 heteroatoms. The molecule has 1 aliphatic rings. The lowest BCUT2D eigenvalue weighted by Gasteiger charge is -2.29. The van der Waals surface area contributed by atoms with Gasteiger partial charge in [0.2, 0.25) is 0 Å². The van der Waals surface area contributed by atoms with Gasteiger partial charge in [0, 0.05) is 23.3 Å². The minimum atomic E-state index is 0.502. The van der Waals surface area contributed by atoms with Crippen molar-refractivity contribution in [1.82, 2.24) is 4.98 Å². The van der Waals surface area contributed by atoms with Gasteiger partial charge in [-0.15, -0.1) is 0 Å². The van der Waals surface area contributed by atoms with E-state index in [1.54, 1.807) is 0 Å². The van der Waals surface area contributed by atoms with Crippen LogP contribution in [0.1, 0.15) is 39.0 Å². The van der Waals surface area contributed by atoms with Crippen LogP contribution in [0.15, 0.2) is 30.5 Å². The molecule has 1 aromatic heterocycles. The lowest BCUT2D eigenvalue weighted by atomic mass is 9.84. The van der Waals surface area contributed by atoms with E-state index in [2.05, 4.69) is 29.4 Å². The summed E-state index contributed by atoms with van der Waals surface area (Å²) in [5.41, 5.74) is 8.80. The zero-order valence-electron chi connectivity index (χ0n) is 12.1. The molecule has 0 spiro atoms. The number of aromatic nitrogens is 1. The van der Waals surface area contributed by atoms with Crippen molar-refractivity contribution in [3.05, 3.63) is 30.5 Å². The van der Waals surface area contributed by atoms with Crippen molar-refractivity contribution in [2.24, 2.45) is 5.92 Å². The molecule has 0 radical (unpaired) electrons. The highest BCUT2D eigenvalue weighted by Crippen LogP contribution is 2.30. The molecule has 20 heavy (non-hydrogen) atoms. The fourth-order valence-electron chi connectivity index (χ4n) is 3.32. The second kappa shape index (κ2) is 5.70. The van der Waals surface area contributed by atoms with Gasteiger partial charge in [-0.1, -0.05) is 31.4 Å². The molecule has 1 fully saturated rings. The number of pyridine rings is 1. The van der Waals surface area contributed by atoms with E-state index in [0.717, 1.165) is 28.2 Å². The van der Waals surface area contributed by atoms with E-state index < -0.39 is 0 Å². The lowest BCUT2D eigenvalue weighted by Crippen LogP contribution is -2.27. The van der Waals surface area contributed by atoms with Crippen LogP contribution in [-0.2, 0) is 0 Å². The molecule has 2 aromatic rings. The van der Waals surface area contributed by atoms with Crippen LogP contribution in [0.2, 0.25) is 0 Å². The number of anilines is 2. The number of para-hydroxylation sites is 1. The Morgan fingerprint density at radius 1 is 1.20 bits per heavy atom. The Morgan fingerprint density at radius 2 is 2.00 bits per heavy atom. The minimum absolute atomic E-state index is 0.502. The van der Waals surface area contributed by atoms with Gasteiger partial charge in [-0.05, 0) is 37.8 Å². The molecule has 0 bridgehead atoms. The molecule has 1 saturated carbocycles. The van der Waals surface area contributed by atoms with E-state index in [4.69, 9.17) is 5.73 Å². The van der Waals surface area contributed by atoms with Crippen molar-refractivity contribution in [1.29, 1.82) is 0 Å². The average molecular weight is 269 g/mol. The maximum Gasteiger partial charge on any atom is 0.0951 e. The Hall–Kier alpha value is -1.77. The summed E-state index contributed by atoms with van der Waals surface area (Å²) >= 11 is 0. The predicted molar refractivity (Wildman–Crippen MR) is 85.8 cm³/mol. The Balaban J connectivity index is 1.85.